The molecule has 2 fully saturated rings. The van der Waals surface area contributed by atoms with Gasteiger partial charge in [0.25, 0.3) is 0 Å². The van der Waals surface area contributed by atoms with Crippen molar-refractivity contribution < 1.29 is 14.2 Å². The average molecular weight is 328 g/mol. The van der Waals surface area contributed by atoms with Crippen LogP contribution in [0.4, 0.5) is 4.39 Å². The Morgan fingerprint density at radius 1 is 1.43 bits per heavy atom. The maximum Gasteiger partial charge on any atom is 0.123 e. The van der Waals surface area contributed by atoms with Crippen LogP contribution in [-0.4, -0.2) is 40.7 Å². The van der Waals surface area contributed by atoms with Crippen LogP contribution < -0.4 is 0 Å². The molecule has 0 radical (unpaired) electrons. The number of benzene rings is 1. The van der Waals surface area contributed by atoms with Gasteiger partial charge in [-0.1, -0.05) is 0 Å². The van der Waals surface area contributed by atoms with Crippen molar-refractivity contribution in [3.63, 3.8) is 0 Å². The summed E-state index contributed by atoms with van der Waals surface area (Å²) >= 11 is 3.56. The topological polar surface area (TPSA) is 29.5 Å². The van der Waals surface area contributed by atoms with E-state index in [4.69, 9.17) is 4.74 Å². The Kier molecular flexibility index (Phi) is 5.15. The molecule has 3 rings (SSSR count). The van der Waals surface area contributed by atoms with Crippen molar-refractivity contribution in [3.8, 4) is 0 Å². The second-order valence-electron chi connectivity index (χ2n) is 5.92. The standard InChI is InChI=1S/C16H21FO2S2/c17-13-1-3-14(4-2-13)21-10-15(18)12-5-7-19-16(9-12)6-8-20-11-16/h1-4,12,15,18H,5-11H2. The SMILES string of the molecule is OC(CSc1ccc(F)cc1)C1CCOC2(CCSC2)C1. The molecule has 2 heterocycles. The first kappa shape index (κ1) is 15.7. The molecule has 3 atom stereocenters. The van der Waals surface area contributed by atoms with Gasteiger partial charge in [-0.2, -0.15) is 11.8 Å². The van der Waals surface area contributed by atoms with Gasteiger partial charge in [0.1, 0.15) is 5.82 Å². The highest BCUT2D eigenvalue weighted by molar-refractivity contribution is 7.99. The molecule has 0 aromatic heterocycles. The molecule has 1 N–H and O–H groups in total. The average Bonchev–Trinajstić information content (AvgIpc) is 2.94. The summed E-state index contributed by atoms with van der Waals surface area (Å²) in [5, 5.41) is 10.5. The number of aliphatic hydroxyl groups excluding tert-OH is 1. The third kappa shape index (κ3) is 3.95. The van der Waals surface area contributed by atoms with Crippen LogP contribution in [0.25, 0.3) is 0 Å². The van der Waals surface area contributed by atoms with E-state index in [0.717, 1.165) is 36.5 Å². The largest absolute Gasteiger partial charge is 0.392 e. The number of rotatable bonds is 4. The Bertz CT molecular complexity index is 460. The minimum atomic E-state index is -0.313. The molecule has 21 heavy (non-hydrogen) atoms. The number of hydrogen-bond acceptors (Lipinski definition) is 4. The Labute approximate surface area is 133 Å². The summed E-state index contributed by atoms with van der Waals surface area (Å²) in [6.45, 7) is 0.767. The van der Waals surface area contributed by atoms with Crippen molar-refractivity contribution in [2.75, 3.05) is 23.9 Å². The molecule has 116 valence electrons. The molecule has 0 aliphatic carbocycles. The van der Waals surface area contributed by atoms with Gasteiger partial charge in [0.15, 0.2) is 0 Å². The highest BCUT2D eigenvalue weighted by Gasteiger charge is 2.42. The first-order chi connectivity index (χ1) is 10.2. The second kappa shape index (κ2) is 6.90. The van der Waals surface area contributed by atoms with Gasteiger partial charge in [-0.25, -0.2) is 4.39 Å². The Morgan fingerprint density at radius 3 is 2.95 bits per heavy atom. The van der Waals surface area contributed by atoms with E-state index in [1.807, 2.05) is 11.8 Å². The van der Waals surface area contributed by atoms with Gasteiger partial charge in [0, 0.05) is 23.0 Å². The van der Waals surface area contributed by atoms with E-state index >= 15 is 0 Å². The predicted octanol–water partition coefficient (Wildman–Crippen LogP) is 3.58. The lowest BCUT2D eigenvalue weighted by Gasteiger charge is -2.39. The summed E-state index contributed by atoms with van der Waals surface area (Å²) in [5.74, 6) is 3.02. The van der Waals surface area contributed by atoms with Gasteiger partial charge in [0.2, 0.25) is 0 Å². The number of hydrogen-bond donors (Lipinski definition) is 1. The molecule has 2 aliphatic rings. The van der Waals surface area contributed by atoms with Crippen LogP contribution in [0.5, 0.6) is 0 Å². The molecule has 0 amide bonds. The van der Waals surface area contributed by atoms with E-state index in [9.17, 15) is 9.50 Å². The molecular weight excluding hydrogens is 307 g/mol. The summed E-state index contributed by atoms with van der Waals surface area (Å²) in [5.41, 5.74) is 0.0229. The molecule has 1 spiro atoms. The fourth-order valence-electron chi connectivity index (χ4n) is 3.11. The minimum Gasteiger partial charge on any atom is -0.392 e. The monoisotopic (exact) mass is 328 g/mol. The third-order valence-electron chi connectivity index (χ3n) is 4.38. The van der Waals surface area contributed by atoms with Crippen LogP contribution in [0.15, 0.2) is 29.2 Å². The number of halogens is 1. The summed E-state index contributed by atoms with van der Waals surface area (Å²) in [6.07, 6.45) is 2.72. The summed E-state index contributed by atoms with van der Waals surface area (Å²) in [7, 11) is 0. The van der Waals surface area contributed by atoms with E-state index in [1.165, 1.54) is 17.9 Å². The highest BCUT2D eigenvalue weighted by Crippen LogP contribution is 2.41. The second-order valence-corrected chi connectivity index (χ2v) is 8.12. The van der Waals surface area contributed by atoms with E-state index in [0.29, 0.717) is 11.7 Å². The summed E-state index contributed by atoms with van der Waals surface area (Å²) in [6, 6.07) is 6.47. The van der Waals surface area contributed by atoms with Crippen molar-refractivity contribution >= 4 is 23.5 Å². The van der Waals surface area contributed by atoms with Crippen LogP contribution in [0.2, 0.25) is 0 Å². The first-order valence-electron chi connectivity index (χ1n) is 7.45. The molecule has 1 aromatic rings. The molecule has 2 saturated heterocycles. The van der Waals surface area contributed by atoms with Crippen LogP contribution in [0, 0.1) is 11.7 Å². The molecule has 0 bridgehead atoms. The molecular formula is C16H21FO2S2. The third-order valence-corrected chi connectivity index (χ3v) is 6.71. The van der Waals surface area contributed by atoms with Gasteiger partial charge in [-0.3, -0.25) is 0 Å². The summed E-state index contributed by atoms with van der Waals surface area (Å²) < 4.78 is 18.9. The van der Waals surface area contributed by atoms with Crippen LogP contribution in [0.1, 0.15) is 19.3 Å². The maximum atomic E-state index is 12.9. The molecule has 2 nitrogen and oxygen atoms in total. The number of ether oxygens (including phenoxy) is 1. The lowest BCUT2D eigenvalue weighted by molar-refractivity contribution is -0.0977. The van der Waals surface area contributed by atoms with Crippen molar-refractivity contribution in [3.05, 3.63) is 30.1 Å². The number of thioether (sulfide) groups is 2. The smallest absolute Gasteiger partial charge is 0.123 e. The van der Waals surface area contributed by atoms with Gasteiger partial charge in [-0.05, 0) is 55.2 Å². The van der Waals surface area contributed by atoms with Crippen LogP contribution in [-0.2, 0) is 4.74 Å². The lowest BCUT2D eigenvalue weighted by Crippen LogP contribution is -2.43. The van der Waals surface area contributed by atoms with E-state index in [1.54, 1.807) is 23.9 Å². The lowest BCUT2D eigenvalue weighted by atomic mass is 9.83. The quantitative estimate of drug-likeness (QED) is 0.856. The zero-order valence-electron chi connectivity index (χ0n) is 12.0. The van der Waals surface area contributed by atoms with Crippen LogP contribution in [0.3, 0.4) is 0 Å². The van der Waals surface area contributed by atoms with Crippen molar-refractivity contribution in [1.29, 1.82) is 0 Å². The Hall–Kier alpha value is -0.230. The highest BCUT2D eigenvalue weighted by atomic mass is 32.2. The predicted molar refractivity (Wildman–Crippen MR) is 86.5 cm³/mol. The number of aliphatic hydroxyl groups is 1. The fraction of sp³-hybridized carbons (Fsp3) is 0.625. The normalized spacial score (nSPS) is 30.7. The molecule has 1 aromatic carbocycles. The van der Waals surface area contributed by atoms with Crippen LogP contribution >= 0.6 is 23.5 Å². The van der Waals surface area contributed by atoms with E-state index < -0.39 is 0 Å². The summed E-state index contributed by atoms with van der Waals surface area (Å²) in [4.78, 5) is 1.01. The van der Waals surface area contributed by atoms with Crippen molar-refractivity contribution in [2.45, 2.75) is 35.9 Å². The minimum absolute atomic E-state index is 0.0229. The van der Waals surface area contributed by atoms with Gasteiger partial charge >= 0.3 is 0 Å². The fourth-order valence-corrected chi connectivity index (χ4v) is 5.45. The Morgan fingerprint density at radius 2 is 2.24 bits per heavy atom. The van der Waals surface area contributed by atoms with E-state index in [2.05, 4.69) is 0 Å². The van der Waals surface area contributed by atoms with Gasteiger partial charge in [0.05, 0.1) is 11.7 Å². The maximum absolute atomic E-state index is 12.9. The zero-order chi connectivity index (χ0) is 14.7. The van der Waals surface area contributed by atoms with E-state index in [-0.39, 0.29) is 17.5 Å². The molecule has 2 aliphatic heterocycles. The van der Waals surface area contributed by atoms with Gasteiger partial charge in [-0.15, -0.1) is 11.8 Å². The first-order valence-corrected chi connectivity index (χ1v) is 9.59. The molecule has 3 unspecified atom stereocenters. The van der Waals surface area contributed by atoms with Gasteiger partial charge < -0.3 is 9.84 Å². The molecule has 0 saturated carbocycles. The molecule has 5 heteroatoms. The zero-order valence-corrected chi connectivity index (χ0v) is 13.6. The van der Waals surface area contributed by atoms with Crippen molar-refractivity contribution in [1.82, 2.24) is 0 Å². The van der Waals surface area contributed by atoms with Crippen molar-refractivity contribution in [2.24, 2.45) is 5.92 Å². The Balaban J connectivity index is 1.52.